The first-order valence-electron chi connectivity index (χ1n) is 9.63. The minimum absolute atomic E-state index is 0.0585. The van der Waals surface area contributed by atoms with E-state index in [0.717, 1.165) is 38.4 Å². The summed E-state index contributed by atoms with van der Waals surface area (Å²) in [5.74, 6) is 0.661. The molecule has 0 aliphatic carbocycles. The lowest BCUT2D eigenvalue weighted by atomic mass is 10.1. The van der Waals surface area contributed by atoms with Crippen LogP contribution in [0, 0.1) is 0 Å². The molecule has 2 fully saturated rings. The molecule has 0 radical (unpaired) electrons. The highest BCUT2D eigenvalue weighted by Gasteiger charge is 2.29. The summed E-state index contributed by atoms with van der Waals surface area (Å²) in [7, 11) is 1.60. The zero-order chi connectivity index (χ0) is 19.2. The first kappa shape index (κ1) is 19.6. The standard InChI is InChI=1S/C20H29N3O4/c1-16(21-11-13-27-14-12-21)7-8-19(24)22-9-10-23(20(25)15-22)17-5-3-4-6-18(17)26-2/h3-6,16H,7-15H2,1-2H3. The van der Waals surface area contributed by atoms with Crippen LogP contribution in [-0.4, -0.2) is 80.7 Å². The van der Waals surface area contributed by atoms with Crippen LogP contribution < -0.4 is 9.64 Å². The van der Waals surface area contributed by atoms with E-state index in [1.165, 1.54) is 0 Å². The average Bonchev–Trinajstić information content (AvgIpc) is 2.72. The Hall–Kier alpha value is -2.12. The van der Waals surface area contributed by atoms with Gasteiger partial charge in [0.25, 0.3) is 0 Å². The van der Waals surface area contributed by atoms with Crippen molar-refractivity contribution in [1.82, 2.24) is 9.80 Å². The fraction of sp³-hybridized carbons (Fsp3) is 0.600. The molecular formula is C20H29N3O4. The van der Waals surface area contributed by atoms with Crippen LogP contribution in [0.3, 0.4) is 0 Å². The summed E-state index contributed by atoms with van der Waals surface area (Å²) < 4.78 is 10.7. The van der Waals surface area contributed by atoms with E-state index in [4.69, 9.17) is 9.47 Å². The van der Waals surface area contributed by atoms with Crippen molar-refractivity contribution < 1.29 is 19.1 Å². The lowest BCUT2D eigenvalue weighted by Gasteiger charge is -2.36. The number of anilines is 1. The third-order valence-corrected chi connectivity index (χ3v) is 5.39. The summed E-state index contributed by atoms with van der Waals surface area (Å²) in [6.07, 6.45) is 1.28. The van der Waals surface area contributed by atoms with Gasteiger partial charge in [-0.25, -0.2) is 0 Å². The number of methoxy groups -OCH3 is 1. The second-order valence-electron chi connectivity index (χ2n) is 7.07. The van der Waals surface area contributed by atoms with E-state index in [-0.39, 0.29) is 18.4 Å². The SMILES string of the molecule is COc1ccccc1N1CCN(C(=O)CCC(C)N2CCOCC2)CC1=O. The first-order chi connectivity index (χ1) is 13.1. The molecule has 1 aromatic rings. The molecule has 2 heterocycles. The summed E-state index contributed by atoms with van der Waals surface area (Å²) in [5, 5.41) is 0. The van der Waals surface area contributed by atoms with Gasteiger partial charge in [0.2, 0.25) is 11.8 Å². The van der Waals surface area contributed by atoms with Gasteiger partial charge in [-0.05, 0) is 25.5 Å². The fourth-order valence-corrected chi connectivity index (χ4v) is 3.68. The smallest absolute Gasteiger partial charge is 0.246 e. The van der Waals surface area contributed by atoms with Gasteiger partial charge in [-0.1, -0.05) is 12.1 Å². The summed E-state index contributed by atoms with van der Waals surface area (Å²) in [4.78, 5) is 31.0. The molecule has 2 aliphatic rings. The number of carbonyl (C=O) groups is 2. The Bertz CT molecular complexity index is 660. The Morgan fingerprint density at radius 3 is 2.63 bits per heavy atom. The highest BCUT2D eigenvalue weighted by atomic mass is 16.5. The zero-order valence-corrected chi connectivity index (χ0v) is 16.2. The van der Waals surface area contributed by atoms with Gasteiger partial charge in [0.15, 0.2) is 0 Å². The van der Waals surface area contributed by atoms with Crippen molar-refractivity contribution in [2.75, 3.05) is 57.9 Å². The van der Waals surface area contributed by atoms with Gasteiger partial charge in [-0.2, -0.15) is 0 Å². The Labute approximate surface area is 160 Å². The zero-order valence-electron chi connectivity index (χ0n) is 16.2. The van der Waals surface area contributed by atoms with Crippen molar-refractivity contribution >= 4 is 17.5 Å². The molecule has 0 aromatic heterocycles. The van der Waals surface area contributed by atoms with Gasteiger partial charge >= 0.3 is 0 Å². The summed E-state index contributed by atoms with van der Waals surface area (Å²) in [6.45, 7) is 6.69. The van der Waals surface area contributed by atoms with Crippen molar-refractivity contribution in [3.63, 3.8) is 0 Å². The fourth-order valence-electron chi connectivity index (χ4n) is 3.68. The number of hydrogen-bond acceptors (Lipinski definition) is 5. The van der Waals surface area contributed by atoms with Crippen molar-refractivity contribution in [2.45, 2.75) is 25.8 Å². The van der Waals surface area contributed by atoms with Crippen LogP contribution in [0.1, 0.15) is 19.8 Å². The molecule has 3 rings (SSSR count). The second kappa shape index (κ2) is 9.19. The van der Waals surface area contributed by atoms with Crippen LogP contribution in [0.5, 0.6) is 5.75 Å². The number of amides is 2. The molecule has 7 nitrogen and oxygen atoms in total. The number of benzene rings is 1. The Balaban J connectivity index is 1.51. The first-order valence-corrected chi connectivity index (χ1v) is 9.63. The van der Waals surface area contributed by atoms with Gasteiger partial charge in [0, 0.05) is 38.6 Å². The number of carbonyl (C=O) groups excluding carboxylic acids is 2. The highest BCUT2D eigenvalue weighted by molar-refractivity contribution is 5.99. The van der Waals surface area contributed by atoms with Gasteiger partial charge in [0.1, 0.15) is 12.3 Å². The minimum atomic E-state index is -0.0691. The second-order valence-corrected chi connectivity index (χ2v) is 7.07. The molecular weight excluding hydrogens is 346 g/mol. The minimum Gasteiger partial charge on any atom is -0.495 e. The normalized spacial score (nSPS) is 19.9. The molecule has 1 unspecified atom stereocenters. The number of piperazine rings is 1. The van der Waals surface area contributed by atoms with Crippen LogP contribution in [0.2, 0.25) is 0 Å². The van der Waals surface area contributed by atoms with Crippen LogP contribution in [-0.2, 0) is 14.3 Å². The lowest BCUT2D eigenvalue weighted by molar-refractivity contribution is -0.137. The van der Waals surface area contributed by atoms with Crippen molar-refractivity contribution in [1.29, 1.82) is 0 Å². The molecule has 2 saturated heterocycles. The molecule has 148 valence electrons. The number of ether oxygens (including phenoxy) is 2. The van der Waals surface area contributed by atoms with Gasteiger partial charge in [0.05, 0.1) is 26.0 Å². The van der Waals surface area contributed by atoms with E-state index >= 15 is 0 Å². The van der Waals surface area contributed by atoms with Gasteiger partial charge in [-0.15, -0.1) is 0 Å². The Kier molecular flexibility index (Phi) is 6.68. The molecule has 7 heteroatoms. The van der Waals surface area contributed by atoms with Crippen molar-refractivity contribution in [2.24, 2.45) is 0 Å². The molecule has 0 N–H and O–H groups in total. The van der Waals surface area contributed by atoms with E-state index in [1.807, 2.05) is 24.3 Å². The maximum atomic E-state index is 12.6. The quantitative estimate of drug-likeness (QED) is 0.752. The van der Waals surface area contributed by atoms with Gasteiger partial charge < -0.3 is 19.3 Å². The van der Waals surface area contributed by atoms with Crippen LogP contribution in [0.25, 0.3) is 0 Å². The van der Waals surface area contributed by atoms with Crippen LogP contribution in [0.4, 0.5) is 5.69 Å². The highest BCUT2D eigenvalue weighted by Crippen LogP contribution is 2.29. The topological polar surface area (TPSA) is 62.3 Å². The summed E-state index contributed by atoms with van der Waals surface area (Å²) in [5.41, 5.74) is 0.762. The van der Waals surface area contributed by atoms with Crippen molar-refractivity contribution in [3.05, 3.63) is 24.3 Å². The monoisotopic (exact) mass is 375 g/mol. The third-order valence-electron chi connectivity index (χ3n) is 5.39. The Morgan fingerprint density at radius 1 is 1.19 bits per heavy atom. The molecule has 0 saturated carbocycles. The average molecular weight is 375 g/mol. The molecule has 2 aliphatic heterocycles. The molecule has 1 aromatic carbocycles. The van der Waals surface area contributed by atoms with Gasteiger partial charge in [-0.3, -0.25) is 14.5 Å². The largest absolute Gasteiger partial charge is 0.495 e. The maximum Gasteiger partial charge on any atom is 0.246 e. The van der Waals surface area contributed by atoms with Crippen LogP contribution in [0.15, 0.2) is 24.3 Å². The molecule has 0 bridgehead atoms. The predicted molar refractivity (Wildman–Crippen MR) is 103 cm³/mol. The van der Waals surface area contributed by atoms with E-state index < -0.39 is 0 Å². The molecule has 27 heavy (non-hydrogen) atoms. The van der Waals surface area contributed by atoms with E-state index in [9.17, 15) is 9.59 Å². The lowest BCUT2D eigenvalue weighted by Crippen LogP contribution is -2.52. The molecule has 0 spiro atoms. The summed E-state index contributed by atoms with van der Waals surface area (Å²) >= 11 is 0. The number of morpholine rings is 1. The Morgan fingerprint density at radius 2 is 1.93 bits per heavy atom. The van der Waals surface area contributed by atoms with E-state index in [2.05, 4.69) is 11.8 Å². The number of para-hydroxylation sites is 2. The van der Waals surface area contributed by atoms with E-state index in [0.29, 0.717) is 31.3 Å². The number of nitrogens with zero attached hydrogens (tertiary/aromatic N) is 3. The number of rotatable bonds is 6. The molecule has 1 atom stereocenters. The molecule has 2 amide bonds. The third kappa shape index (κ3) is 4.78. The van der Waals surface area contributed by atoms with Crippen LogP contribution >= 0.6 is 0 Å². The van der Waals surface area contributed by atoms with Crippen molar-refractivity contribution in [3.8, 4) is 5.75 Å². The number of hydrogen-bond donors (Lipinski definition) is 0. The van der Waals surface area contributed by atoms with E-state index in [1.54, 1.807) is 16.9 Å². The maximum absolute atomic E-state index is 12.6. The summed E-state index contributed by atoms with van der Waals surface area (Å²) in [6, 6.07) is 7.83. The predicted octanol–water partition coefficient (Wildman–Crippen LogP) is 1.37.